The molecule has 0 atom stereocenters. The van der Waals surface area contributed by atoms with E-state index in [1.165, 1.54) is 24.3 Å². The Bertz CT molecular complexity index is 616. The second kappa shape index (κ2) is 9.73. The van der Waals surface area contributed by atoms with Crippen molar-refractivity contribution in [1.29, 1.82) is 0 Å². The van der Waals surface area contributed by atoms with Crippen LogP contribution in [0.15, 0.2) is 36.4 Å². The van der Waals surface area contributed by atoms with Gasteiger partial charge in [-0.2, -0.15) is 0 Å². The van der Waals surface area contributed by atoms with Crippen LogP contribution < -0.4 is 4.74 Å². The van der Waals surface area contributed by atoms with E-state index < -0.39 is 12.7 Å². The summed E-state index contributed by atoms with van der Waals surface area (Å²) in [7, 11) is 0. The fourth-order valence-corrected chi connectivity index (χ4v) is 3.21. The Labute approximate surface area is 162 Å². The van der Waals surface area contributed by atoms with Gasteiger partial charge < -0.3 is 23.7 Å². The highest BCUT2D eigenvalue weighted by atomic mass is 19.4. The second-order valence-electron chi connectivity index (χ2n) is 6.94. The molecule has 0 unspecified atom stereocenters. The molecule has 1 aromatic rings. The lowest BCUT2D eigenvalue weighted by molar-refractivity contribution is -0.274. The maximum Gasteiger partial charge on any atom is 0.573 e. The van der Waals surface area contributed by atoms with E-state index in [4.69, 9.17) is 18.9 Å². The van der Waals surface area contributed by atoms with Gasteiger partial charge in [-0.1, -0.05) is 24.3 Å². The molecule has 8 heteroatoms. The van der Waals surface area contributed by atoms with Gasteiger partial charge in [-0.05, 0) is 31.9 Å². The van der Waals surface area contributed by atoms with Crippen LogP contribution in [0.25, 0.3) is 0 Å². The lowest BCUT2D eigenvalue weighted by Crippen LogP contribution is -2.33. The molecule has 2 heterocycles. The van der Waals surface area contributed by atoms with E-state index >= 15 is 0 Å². The van der Waals surface area contributed by atoms with Gasteiger partial charge in [0.15, 0.2) is 12.6 Å². The van der Waals surface area contributed by atoms with Crippen LogP contribution in [0.2, 0.25) is 0 Å². The van der Waals surface area contributed by atoms with Gasteiger partial charge in [0.2, 0.25) is 0 Å². The normalized spacial score (nSPS) is 29.1. The average molecular weight is 402 g/mol. The van der Waals surface area contributed by atoms with E-state index in [-0.39, 0.29) is 18.0 Å². The Morgan fingerprint density at radius 1 is 0.964 bits per heavy atom. The summed E-state index contributed by atoms with van der Waals surface area (Å²) in [4.78, 5) is 0. The first-order chi connectivity index (χ1) is 13.4. The molecule has 5 nitrogen and oxygen atoms in total. The Balaban J connectivity index is 1.38. The topological polar surface area (TPSA) is 46.2 Å². The number of allylic oxidation sites excluding steroid dienone is 1. The summed E-state index contributed by atoms with van der Waals surface area (Å²) in [5.74, 6) is 0.273. The molecule has 0 N–H and O–H groups in total. The molecule has 2 fully saturated rings. The Kier molecular flexibility index (Phi) is 7.34. The SMILES string of the molecule is CC=C[C@H]1CO[C@H](CC[C@H]2CO[C@H](c3ccc(OC(F)(F)F)cc3)OC2)OC1. The van der Waals surface area contributed by atoms with E-state index in [9.17, 15) is 13.2 Å². The lowest BCUT2D eigenvalue weighted by atomic mass is 10.0. The molecule has 2 saturated heterocycles. The van der Waals surface area contributed by atoms with E-state index in [0.29, 0.717) is 37.9 Å². The first-order valence-electron chi connectivity index (χ1n) is 9.38. The molecule has 0 aromatic heterocycles. The van der Waals surface area contributed by atoms with Crippen molar-refractivity contribution in [2.75, 3.05) is 26.4 Å². The molecule has 0 spiro atoms. The number of ether oxygens (including phenoxy) is 5. The lowest BCUT2D eigenvalue weighted by Gasteiger charge is -2.32. The van der Waals surface area contributed by atoms with Crippen molar-refractivity contribution in [2.45, 2.75) is 38.7 Å². The first kappa shape index (κ1) is 21.1. The highest BCUT2D eigenvalue weighted by molar-refractivity contribution is 5.28. The molecule has 2 aliphatic rings. The van der Waals surface area contributed by atoms with E-state index in [1.807, 2.05) is 13.0 Å². The van der Waals surface area contributed by atoms with Gasteiger partial charge in [0.05, 0.1) is 26.4 Å². The molecule has 3 rings (SSSR count). The molecule has 28 heavy (non-hydrogen) atoms. The van der Waals surface area contributed by atoms with Crippen LogP contribution in [-0.2, 0) is 18.9 Å². The number of hydrogen-bond donors (Lipinski definition) is 0. The zero-order valence-electron chi connectivity index (χ0n) is 15.7. The summed E-state index contributed by atoms with van der Waals surface area (Å²) in [6, 6.07) is 5.52. The zero-order valence-corrected chi connectivity index (χ0v) is 15.7. The molecule has 156 valence electrons. The smallest absolute Gasteiger partial charge is 0.406 e. The van der Waals surface area contributed by atoms with Gasteiger partial charge in [0.25, 0.3) is 0 Å². The maximum atomic E-state index is 12.2. The highest BCUT2D eigenvalue weighted by Crippen LogP contribution is 2.30. The molecule has 0 saturated carbocycles. The Morgan fingerprint density at radius 2 is 1.61 bits per heavy atom. The minimum absolute atomic E-state index is 0.194. The number of hydrogen-bond acceptors (Lipinski definition) is 5. The van der Waals surface area contributed by atoms with E-state index in [0.717, 1.165) is 12.8 Å². The molecular formula is C20H25F3O5. The number of rotatable bonds is 6. The van der Waals surface area contributed by atoms with Gasteiger partial charge >= 0.3 is 6.36 Å². The van der Waals surface area contributed by atoms with E-state index in [1.54, 1.807) is 0 Å². The largest absolute Gasteiger partial charge is 0.573 e. The monoisotopic (exact) mass is 402 g/mol. The summed E-state index contributed by atoms with van der Waals surface area (Å²) < 4.78 is 63.4. The van der Waals surface area contributed by atoms with Crippen molar-refractivity contribution in [1.82, 2.24) is 0 Å². The average Bonchev–Trinajstić information content (AvgIpc) is 2.68. The van der Waals surface area contributed by atoms with Gasteiger partial charge in [0.1, 0.15) is 5.75 Å². The molecule has 0 aliphatic carbocycles. The summed E-state index contributed by atoms with van der Waals surface area (Å²) in [5, 5.41) is 0. The maximum absolute atomic E-state index is 12.2. The van der Waals surface area contributed by atoms with Crippen LogP contribution in [0.4, 0.5) is 13.2 Å². The van der Waals surface area contributed by atoms with Crippen LogP contribution in [-0.4, -0.2) is 39.1 Å². The summed E-state index contributed by atoms with van der Waals surface area (Å²) in [5.41, 5.74) is 0.655. The van der Waals surface area contributed by atoms with Gasteiger partial charge in [-0.15, -0.1) is 13.2 Å². The van der Waals surface area contributed by atoms with Gasteiger partial charge in [0, 0.05) is 17.4 Å². The molecule has 1 aromatic carbocycles. The Morgan fingerprint density at radius 3 is 2.18 bits per heavy atom. The van der Waals surface area contributed by atoms with Crippen molar-refractivity contribution in [3.63, 3.8) is 0 Å². The predicted octanol–water partition coefficient (Wildman–Crippen LogP) is 4.59. The minimum atomic E-state index is -4.70. The highest BCUT2D eigenvalue weighted by Gasteiger charge is 2.31. The first-order valence-corrected chi connectivity index (χ1v) is 9.38. The van der Waals surface area contributed by atoms with Crippen LogP contribution in [0.1, 0.15) is 31.6 Å². The molecule has 0 radical (unpaired) electrons. The molecule has 0 bridgehead atoms. The van der Waals surface area contributed by atoms with Crippen LogP contribution in [0, 0.1) is 11.8 Å². The van der Waals surface area contributed by atoms with Crippen LogP contribution in [0.5, 0.6) is 5.75 Å². The van der Waals surface area contributed by atoms with Gasteiger partial charge in [-0.3, -0.25) is 0 Å². The summed E-state index contributed by atoms with van der Waals surface area (Å²) >= 11 is 0. The summed E-state index contributed by atoms with van der Waals surface area (Å²) in [6.07, 6.45) is 0.229. The standard InChI is InChI=1S/C20H25F3O5/c1-2-3-14-10-24-18(25-11-14)9-4-15-12-26-19(27-13-15)16-5-7-17(8-6-16)28-20(21,22)23/h2-3,5-8,14-15,18-19H,4,9-13H2,1H3/t14-,15-,18-,19-. The second-order valence-corrected chi connectivity index (χ2v) is 6.94. The third-order valence-corrected chi connectivity index (χ3v) is 4.62. The third-order valence-electron chi connectivity index (χ3n) is 4.62. The van der Waals surface area contributed by atoms with Crippen molar-refractivity contribution in [3.05, 3.63) is 42.0 Å². The van der Waals surface area contributed by atoms with Gasteiger partial charge in [-0.25, -0.2) is 0 Å². The molecule has 2 aliphatic heterocycles. The number of halogens is 3. The number of benzene rings is 1. The van der Waals surface area contributed by atoms with E-state index in [2.05, 4.69) is 10.8 Å². The fraction of sp³-hybridized carbons (Fsp3) is 0.600. The summed E-state index contributed by atoms with van der Waals surface area (Å²) in [6.45, 7) is 4.34. The van der Waals surface area contributed by atoms with Crippen LogP contribution >= 0.6 is 0 Å². The predicted molar refractivity (Wildman–Crippen MR) is 94.5 cm³/mol. The van der Waals surface area contributed by atoms with Crippen molar-refractivity contribution in [2.24, 2.45) is 11.8 Å². The van der Waals surface area contributed by atoms with Crippen molar-refractivity contribution < 1.29 is 36.9 Å². The molecular weight excluding hydrogens is 377 g/mol. The quantitative estimate of drug-likeness (QED) is 0.652. The zero-order chi connectivity index (χ0) is 20.0. The fourth-order valence-electron chi connectivity index (χ4n) is 3.21. The minimum Gasteiger partial charge on any atom is -0.406 e. The van der Waals surface area contributed by atoms with Crippen molar-refractivity contribution in [3.8, 4) is 5.75 Å². The number of alkyl halides is 3. The van der Waals surface area contributed by atoms with Crippen LogP contribution in [0.3, 0.4) is 0 Å². The third kappa shape index (κ3) is 6.48. The molecule has 0 amide bonds. The van der Waals surface area contributed by atoms with Crippen molar-refractivity contribution >= 4 is 0 Å². The Hall–Kier alpha value is -1.61.